The third-order valence-electron chi connectivity index (χ3n) is 8.01. The van der Waals surface area contributed by atoms with Crippen LogP contribution in [-0.4, -0.2) is 47.1 Å². The molecule has 1 fully saturated rings. The first-order valence-corrected chi connectivity index (χ1v) is 13.1. The molecule has 1 saturated heterocycles. The maximum Gasteiger partial charge on any atom is 0.425 e. The van der Waals surface area contributed by atoms with Crippen molar-refractivity contribution in [1.29, 1.82) is 5.41 Å². The molecule has 5 rings (SSSR count). The van der Waals surface area contributed by atoms with E-state index >= 15 is 0 Å². The Kier molecular flexibility index (Phi) is 6.94. The van der Waals surface area contributed by atoms with Crippen molar-refractivity contribution in [3.8, 4) is 11.5 Å². The highest BCUT2D eigenvalue weighted by Gasteiger charge is 2.47. The third kappa shape index (κ3) is 5.02. The summed E-state index contributed by atoms with van der Waals surface area (Å²) >= 11 is 0. The summed E-state index contributed by atoms with van der Waals surface area (Å²) < 4.78 is 51.5. The molecule has 2 aromatic carbocycles. The molecule has 3 aliphatic heterocycles. The molecule has 39 heavy (non-hydrogen) atoms. The molecule has 0 aromatic heterocycles. The molecule has 0 spiro atoms. The quantitative estimate of drug-likeness (QED) is 0.491. The standard InChI is InChI=1S/C28H31F3N4O4/c1-3-27(4-2)15-24(36)35(26(32)34-27)20-11-12-38-21-10-9-16(13-18(20)21)25(37)33-19-14-23(28(29,30)31)39-22-8-6-5-7-17(19)22/h5-10,13,19-20,23H,3-4,11-12,14-15H2,1-2H3,(H2,32,34)(H,33,37)/t19-,20-,23+/m1/s1. The monoisotopic (exact) mass is 544 g/mol. The Balaban J connectivity index is 1.41. The lowest BCUT2D eigenvalue weighted by atomic mass is 9.85. The summed E-state index contributed by atoms with van der Waals surface area (Å²) in [6, 6.07) is 9.70. The van der Waals surface area contributed by atoms with Crippen molar-refractivity contribution in [3.05, 3.63) is 59.2 Å². The van der Waals surface area contributed by atoms with Gasteiger partial charge >= 0.3 is 6.18 Å². The Morgan fingerprint density at radius 3 is 2.59 bits per heavy atom. The normalized spacial score (nSPS) is 24.0. The molecule has 0 aliphatic carbocycles. The van der Waals surface area contributed by atoms with Crippen LogP contribution in [0.4, 0.5) is 13.2 Å². The van der Waals surface area contributed by atoms with E-state index in [9.17, 15) is 22.8 Å². The van der Waals surface area contributed by atoms with Gasteiger partial charge in [0.15, 0.2) is 12.1 Å². The molecular formula is C28H31F3N4O4. The first-order chi connectivity index (χ1) is 18.5. The van der Waals surface area contributed by atoms with Crippen molar-refractivity contribution in [2.45, 2.75) is 75.9 Å². The fourth-order valence-corrected chi connectivity index (χ4v) is 5.64. The summed E-state index contributed by atoms with van der Waals surface area (Å²) in [5.41, 5.74) is 0.806. The predicted molar refractivity (Wildman–Crippen MR) is 137 cm³/mol. The highest BCUT2D eigenvalue weighted by molar-refractivity contribution is 6.00. The van der Waals surface area contributed by atoms with Gasteiger partial charge in [-0.2, -0.15) is 13.2 Å². The van der Waals surface area contributed by atoms with Crippen LogP contribution in [0.3, 0.4) is 0 Å². The maximum absolute atomic E-state index is 13.5. The van der Waals surface area contributed by atoms with Crippen molar-refractivity contribution in [2.75, 3.05) is 6.61 Å². The van der Waals surface area contributed by atoms with Gasteiger partial charge in [0, 0.05) is 35.1 Å². The Morgan fingerprint density at radius 2 is 1.90 bits per heavy atom. The molecular weight excluding hydrogens is 513 g/mol. The average Bonchev–Trinajstić information content (AvgIpc) is 2.91. The summed E-state index contributed by atoms with van der Waals surface area (Å²) in [7, 11) is 0. The van der Waals surface area contributed by atoms with Gasteiger partial charge in [0.25, 0.3) is 5.91 Å². The molecule has 2 amide bonds. The van der Waals surface area contributed by atoms with Gasteiger partial charge in [-0.15, -0.1) is 0 Å². The molecule has 3 atom stereocenters. The van der Waals surface area contributed by atoms with Crippen LogP contribution in [0.15, 0.2) is 42.5 Å². The fourth-order valence-electron chi connectivity index (χ4n) is 5.64. The number of carbonyl (C=O) groups is 2. The van der Waals surface area contributed by atoms with E-state index in [1.54, 1.807) is 36.4 Å². The highest BCUT2D eigenvalue weighted by Crippen LogP contribution is 2.42. The van der Waals surface area contributed by atoms with Crippen LogP contribution in [0.25, 0.3) is 0 Å². The van der Waals surface area contributed by atoms with Crippen molar-refractivity contribution >= 4 is 17.8 Å². The summed E-state index contributed by atoms with van der Waals surface area (Å²) in [6.45, 7) is 4.30. The number of hydrogen-bond donors (Lipinski definition) is 3. The van der Waals surface area contributed by atoms with Crippen molar-refractivity contribution in [3.63, 3.8) is 0 Å². The van der Waals surface area contributed by atoms with Crippen LogP contribution >= 0.6 is 0 Å². The van der Waals surface area contributed by atoms with Crippen LogP contribution < -0.4 is 20.1 Å². The zero-order valence-electron chi connectivity index (χ0n) is 21.7. The molecule has 8 nitrogen and oxygen atoms in total. The molecule has 3 N–H and O–H groups in total. The minimum atomic E-state index is -4.58. The van der Waals surface area contributed by atoms with Gasteiger partial charge in [-0.05, 0) is 37.1 Å². The summed E-state index contributed by atoms with van der Waals surface area (Å²) in [4.78, 5) is 28.0. The Hall–Kier alpha value is -3.76. The molecule has 0 unspecified atom stereocenters. The third-order valence-corrected chi connectivity index (χ3v) is 8.01. The topological polar surface area (TPSA) is 104 Å². The van der Waals surface area contributed by atoms with Gasteiger partial charge in [-0.1, -0.05) is 32.0 Å². The highest BCUT2D eigenvalue weighted by atomic mass is 19.4. The lowest BCUT2D eigenvalue weighted by Gasteiger charge is -2.45. The van der Waals surface area contributed by atoms with Gasteiger partial charge in [-0.3, -0.25) is 19.9 Å². The summed E-state index contributed by atoms with van der Waals surface area (Å²) in [5, 5.41) is 14.6. The Labute approximate surface area is 224 Å². The molecule has 3 heterocycles. The average molecular weight is 545 g/mol. The first kappa shape index (κ1) is 26.8. The molecule has 2 aromatic rings. The zero-order valence-corrected chi connectivity index (χ0v) is 21.7. The molecule has 0 bridgehead atoms. The molecule has 11 heteroatoms. The van der Waals surface area contributed by atoms with Gasteiger partial charge in [0.1, 0.15) is 11.5 Å². The van der Waals surface area contributed by atoms with E-state index in [0.29, 0.717) is 42.7 Å². The summed E-state index contributed by atoms with van der Waals surface area (Å²) in [5.74, 6) is -0.134. The molecule has 3 aliphatic rings. The lowest BCUT2D eigenvalue weighted by molar-refractivity contribution is -0.201. The van der Waals surface area contributed by atoms with Crippen LogP contribution in [0.5, 0.6) is 11.5 Å². The summed E-state index contributed by atoms with van der Waals surface area (Å²) in [6.07, 6.45) is -5.00. The van der Waals surface area contributed by atoms with Gasteiger partial charge in [0.05, 0.1) is 25.1 Å². The Morgan fingerprint density at radius 1 is 1.15 bits per heavy atom. The van der Waals surface area contributed by atoms with Crippen molar-refractivity contribution in [1.82, 2.24) is 15.5 Å². The van der Waals surface area contributed by atoms with Crippen LogP contribution in [0.1, 0.15) is 79.5 Å². The van der Waals surface area contributed by atoms with Crippen molar-refractivity contribution in [2.24, 2.45) is 0 Å². The largest absolute Gasteiger partial charge is 0.493 e. The van der Waals surface area contributed by atoms with E-state index in [4.69, 9.17) is 14.9 Å². The van der Waals surface area contributed by atoms with E-state index in [0.717, 1.165) is 0 Å². The van der Waals surface area contributed by atoms with E-state index in [-0.39, 0.29) is 29.6 Å². The lowest BCUT2D eigenvalue weighted by Crippen LogP contribution is -2.62. The number of hydrogen-bond acceptors (Lipinski definition) is 5. The number of halogens is 3. The fraction of sp³-hybridized carbons (Fsp3) is 0.464. The number of nitrogens with zero attached hydrogens (tertiary/aromatic N) is 1. The number of ether oxygens (including phenoxy) is 2. The predicted octanol–water partition coefficient (Wildman–Crippen LogP) is 5.01. The first-order valence-electron chi connectivity index (χ1n) is 13.1. The van der Waals surface area contributed by atoms with E-state index in [2.05, 4.69) is 10.6 Å². The van der Waals surface area contributed by atoms with Gasteiger partial charge in [-0.25, -0.2) is 0 Å². The number of amides is 2. The van der Waals surface area contributed by atoms with E-state index in [1.165, 1.54) is 11.0 Å². The Bertz CT molecular complexity index is 1270. The van der Waals surface area contributed by atoms with Crippen LogP contribution in [-0.2, 0) is 4.79 Å². The number of alkyl halides is 3. The number of carbonyl (C=O) groups excluding carboxylic acids is 2. The zero-order chi connectivity index (χ0) is 27.9. The number of rotatable bonds is 5. The van der Waals surface area contributed by atoms with Gasteiger partial charge < -0.3 is 20.1 Å². The minimum Gasteiger partial charge on any atom is -0.493 e. The molecule has 0 radical (unpaired) electrons. The smallest absolute Gasteiger partial charge is 0.425 e. The number of fused-ring (bicyclic) bond motifs is 2. The maximum atomic E-state index is 13.5. The van der Waals surface area contributed by atoms with E-state index in [1.807, 2.05) is 13.8 Å². The van der Waals surface area contributed by atoms with E-state index < -0.39 is 42.2 Å². The van der Waals surface area contributed by atoms with Gasteiger partial charge in [0.2, 0.25) is 5.91 Å². The number of guanidine groups is 1. The second kappa shape index (κ2) is 10.1. The second-order valence-electron chi connectivity index (χ2n) is 10.3. The van der Waals surface area contributed by atoms with Crippen LogP contribution in [0.2, 0.25) is 0 Å². The number of benzene rings is 2. The van der Waals surface area contributed by atoms with Crippen molar-refractivity contribution < 1.29 is 32.2 Å². The molecule has 208 valence electrons. The second-order valence-corrected chi connectivity index (χ2v) is 10.3. The number of nitrogens with one attached hydrogen (secondary N) is 3. The minimum absolute atomic E-state index is 0.0136. The number of para-hydroxylation sites is 1. The SMILES string of the molecule is CCC1(CC)CC(=O)N([C@@H]2CCOc3ccc(C(=O)N[C@@H]4C[C@@H](C(F)(F)F)Oc5ccccc54)cc32)C(=N)N1. The molecule has 0 saturated carbocycles. The van der Waals surface area contributed by atoms with Crippen LogP contribution in [0, 0.1) is 5.41 Å².